The average molecular weight is 486 g/mol. The molecule has 0 spiro atoms. The molecular formula is C25H35N5O5. The van der Waals surface area contributed by atoms with E-state index in [1.807, 2.05) is 19.1 Å². The summed E-state index contributed by atoms with van der Waals surface area (Å²) in [4.78, 5) is 28.2. The van der Waals surface area contributed by atoms with Crippen LogP contribution in [0.5, 0.6) is 5.75 Å². The van der Waals surface area contributed by atoms with E-state index in [1.54, 1.807) is 11.7 Å². The van der Waals surface area contributed by atoms with Crippen LogP contribution in [-0.4, -0.2) is 49.9 Å². The van der Waals surface area contributed by atoms with Gasteiger partial charge in [-0.25, -0.2) is 14.5 Å². The van der Waals surface area contributed by atoms with Crippen LogP contribution in [0.15, 0.2) is 12.1 Å². The Balaban J connectivity index is 1.36. The van der Waals surface area contributed by atoms with Crippen LogP contribution in [0.2, 0.25) is 0 Å². The minimum atomic E-state index is -0.761. The number of rotatable bonds is 8. The number of hydrogen-bond acceptors (Lipinski definition) is 7. The number of alkyl carbamates (subject to hydrolysis) is 1. The van der Waals surface area contributed by atoms with Crippen LogP contribution in [0.4, 0.5) is 4.79 Å². The van der Waals surface area contributed by atoms with Gasteiger partial charge in [-0.2, -0.15) is 0 Å². The molecule has 2 saturated carbocycles. The van der Waals surface area contributed by atoms with Crippen molar-refractivity contribution in [2.45, 2.75) is 71.9 Å². The highest BCUT2D eigenvalue weighted by Gasteiger charge is 2.36. The van der Waals surface area contributed by atoms with E-state index in [-0.39, 0.29) is 18.6 Å². The fraction of sp³-hybridized carbons (Fsp3) is 0.640. The van der Waals surface area contributed by atoms with Gasteiger partial charge in [0.15, 0.2) is 0 Å². The number of carboxylic acids is 1. The van der Waals surface area contributed by atoms with Crippen LogP contribution < -0.4 is 10.1 Å². The summed E-state index contributed by atoms with van der Waals surface area (Å²) in [5.41, 5.74) is 2.95. The molecule has 1 amide bonds. The summed E-state index contributed by atoms with van der Waals surface area (Å²) in [6, 6.07) is 3.65. The van der Waals surface area contributed by atoms with Crippen molar-refractivity contribution >= 4 is 12.1 Å². The minimum absolute atomic E-state index is 0.135. The highest BCUT2D eigenvalue weighted by atomic mass is 16.5. The molecule has 2 aromatic heterocycles. The third kappa shape index (κ3) is 6.10. The van der Waals surface area contributed by atoms with Crippen molar-refractivity contribution in [1.82, 2.24) is 25.3 Å². The molecule has 35 heavy (non-hydrogen) atoms. The molecule has 0 aliphatic heterocycles. The second-order valence-corrected chi connectivity index (χ2v) is 10.6. The molecule has 190 valence electrons. The maximum absolute atomic E-state index is 12.2. The Morgan fingerprint density at radius 2 is 2.03 bits per heavy atom. The van der Waals surface area contributed by atoms with Crippen LogP contribution in [0.1, 0.15) is 63.8 Å². The van der Waals surface area contributed by atoms with Gasteiger partial charge < -0.3 is 19.9 Å². The van der Waals surface area contributed by atoms with Crippen molar-refractivity contribution in [3.05, 3.63) is 23.5 Å². The van der Waals surface area contributed by atoms with Crippen LogP contribution in [-0.2, 0) is 23.1 Å². The summed E-state index contributed by atoms with van der Waals surface area (Å²) in [7, 11) is 1.77. The number of aryl methyl sites for hydroxylation is 2. The predicted molar refractivity (Wildman–Crippen MR) is 128 cm³/mol. The SMILES string of the molecule is Cc1nc(-c2nnn(C)c2CNC(=O)OCC2CC(C)(C)C2)ccc1O[C@H]1CCC[C@H](C(=O)O)C1. The quantitative estimate of drug-likeness (QED) is 0.577. The molecule has 0 bridgehead atoms. The fourth-order valence-corrected chi connectivity index (χ4v) is 5.26. The van der Waals surface area contributed by atoms with Gasteiger partial charge in [-0.15, -0.1) is 5.10 Å². The van der Waals surface area contributed by atoms with Crippen LogP contribution in [0.25, 0.3) is 11.4 Å². The number of nitrogens with one attached hydrogen (secondary N) is 1. The van der Waals surface area contributed by atoms with E-state index in [2.05, 4.69) is 34.5 Å². The van der Waals surface area contributed by atoms with Gasteiger partial charge in [-0.3, -0.25) is 4.79 Å². The molecule has 2 aliphatic rings. The third-order valence-corrected chi connectivity index (χ3v) is 7.02. The van der Waals surface area contributed by atoms with Crippen molar-refractivity contribution in [3.63, 3.8) is 0 Å². The van der Waals surface area contributed by atoms with E-state index in [4.69, 9.17) is 9.47 Å². The number of aliphatic carboxylic acids is 1. The van der Waals surface area contributed by atoms with Crippen molar-refractivity contribution in [1.29, 1.82) is 0 Å². The fourth-order valence-electron chi connectivity index (χ4n) is 5.26. The lowest BCUT2D eigenvalue weighted by Crippen LogP contribution is -2.36. The minimum Gasteiger partial charge on any atom is -0.489 e. The van der Waals surface area contributed by atoms with Gasteiger partial charge in [0.25, 0.3) is 0 Å². The Morgan fingerprint density at radius 1 is 1.26 bits per heavy atom. The smallest absolute Gasteiger partial charge is 0.407 e. The van der Waals surface area contributed by atoms with Crippen molar-refractivity contribution in [2.75, 3.05) is 6.61 Å². The molecule has 2 fully saturated rings. The number of ether oxygens (including phenoxy) is 2. The Hall–Kier alpha value is -3.17. The van der Waals surface area contributed by atoms with E-state index >= 15 is 0 Å². The monoisotopic (exact) mass is 485 g/mol. The number of pyridine rings is 1. The Kier molecular flexibility index (Phi) is 7.28. The third-order valence-electron chi connectivity index (χ3n) is 7.02. The number of hydrogen-bond donors (Lipinski definition) is 2. The summed E-state index contributed by atoms with van der Waals surface area (Å²) in [6.45, 7) is 6.94. The van der Waals surface area contributed by atoms with E-state index in [0.29, 0.717) is 59.3 Å². The first-order valence-electron chi connectivity index (χ1n) is 12.3. The normalized spacial score (nSPS) is 21.7. The van der Waals surface area contributed by atoms with E-state index < -0.39 is 12.1 Å². The van der Waals surface area contributed by atoms with Crippen LogP contribution >= 0.6 is 0 Å². The van der Waals surface area contributed by atoms with Gasteiger partial charge in [-0.05, 0) is 68.9 Å². The Bertz CT molecular complexity index is 1070. The molecule has 4 rings (SSSR count). The van der Waals surface area contributed by atoms with Crippen molar-refractivity contribution in [3.8, 4) is 17.1 Å². The van der Waals surface area contributed by atoms with Gasteiger partial charge in [0, 0.05) is 7.05 Å². The van der Waals surface area contributed by atoms with Gasteiger partial charge in [0.05, 0.1) is 42.3 Å². The molecule has 2 heterocycles. The molecule has 0 aromatic carbocycles. The zero-order chi connectivity index (χ0) is 25.2. The number of nitrogens with zero attached hydrogens (tertiary/aromatic N) is 4. The first-order valence-corrected chi connectivity index (χ1v) is 12.3. The average Bonchev–Trinajstić information content (AvgIpc) is 3.16. The summed E-state index contributed by atoms with van der Waals surface area (Å²) in [6.07, 6.45) is 4.42. The molecule has 0 saturated heterocycles. The molecule has 2 aliphatic carbocycles. The van der Waals surface area contributed by atoms with E-state index in [9.17, 15) is 14.7 Å². The molecule has 2 N–H and O–H groups in total. The molecular weight excluding hydrogens is 450 g/mol. The van der Waals surface area contributed by atoms with Crippen LogP contribution in [0, 0.1) is 24.2 Å². The molecule has 0 radical (unpaired) electrons. The maximum atomic E-state index is 12.2. The first-order chi connectivity index (χ1) is 16.6. The highest BCUT2D eigenvalue weighted by Crippen LogP contribution is 2.44. The summed E-state index contributed by atoms with van der Waals surface area (Å²) >= 11 is 0. The molecule has 2 aromatic rings. The number of carboxylic acid groups (broad SMARTS) is 1. The first kappa shape index (κ1) is 24.9. The standard InChI is InChI=1S/C25H35N5O5/c1-15-21(35-18-7-5-6-17(10-18)23(31)32)9-8-19(27-15)22-20(30(4)29-28-22)13-26-24(33)34-14-16-11-25(2,3)12-16/h8-9,16-18H,5-7,10-14H2,1-4H3,(H,26,33)(H,31,32)/t17-,18-/m0/s1. The van der Waals surface area contributed by atoms with Gasteiger partial charge >= 0.3 is 12.1 Å². The Morgan fingerprint density at radius 3 is 2.71 bits per heavy atom. The molecule has 10 nitrogen and oxygen atoms in total. The zero-order valence-corrected chi connectivity index (χ0v) is 20.9. The summed E-state index contributed by atoms with van der Waals surface area (Å²) in [5, 5.41) is 20.5. The second-order valence-electron chi connectivity index (χ2n) is 10.6. The second kappa shape index (κ2) is 10.2. The largest absolute Gasteiger partial charge is 0.489 e. The van der Waals surface area contributed by atoms with Gasteiger partial charge in [0.2, 0.25) is 0 Å². The lowest BCUT2D eigenvalue weighted by Gasteiger charge is -2.42. The molecule has 0 unspecified atom stereocenters. The Labute approximate surface area is 205 Å². The number of aromatic nitrogens is 4. The van der Waals surface area contributed by atoms with Gasteiger partial charge in [-0.1, -0.05) is 19.1 Å². The molecule has 2 atom stereocenters. The topological polar surface area (TPSA) is 128 Å². The van der Waals surface area contributed by atoms with E-state index in [0.717, 1.165) is 25.7 Å². The lowest BCUT2D eigenvalue weighted by molar-refractivity contribution is -0.143. The van der Waals surface area contributed by atoms with Gasteiger partial charge in [0.1, 0.15) is 11.4 Å². The maximum Gasteiger partial charge on any atom is 0.407 e. The summed E-state index contributed by atoms with van der Waals surface area (Å²) in [5.74, 6) is -0.0522. The molecule has 10 heteroatoms. The highest BCUT2D eigenvalue weighted by molar-refractivity contribution is 5.70. The van der Waals surface area contributed by atoms with Crippen molar-refractivity contribution in [2.24, 2.45) is 24.3 Å². The van der Waals surface area contributed by atoms with E-state index in [1.165, 1.54) is 0 Å². The van der Waals surface area contributed by atoms with Crippen molar-refractivity contribution < 1.29 is 24.2 Å². The predicted octanol–water partition coefficient (Wildman–Crippen LogP) is 3.87. The number of amides is 1. The zero-order valence-electron chi connectivity index (χ0n) is 20.9. The lowest BCUT2D eigenvalue weighted by atomic mass is 9.65. The number of carbonyl (C=O) groups excluding carboxylic acids is 1. The number of carbonyl (C=O) groups is 2. The van der Waals surface area contributed by atoms with Crippen LogP contribution in [0.3, 0.4) is 0 Å². The summed E-state index contributed by atoms with van der Waals surface area (Å²) < 4.78 is 13.1.